The first-order valence-electron chi connectivity index (χ1n) is 6.71. The van der Waals surface area contributed by atoms with Crippen LogP contribution in [0.25, 0.3) is 0 Å². The average Bonchev–Trinajstić information content (AvgIpc) is 2.45. The second kappa shape index (κ2) is 6.08. The third-order valence-corrected chi connectivity index (χ3v) is 4.39. The molecule has 0 aromatic heterocycles. The number of benzene rings is 1. The monoisotopic (exact) mass is 404 g/mol. The van der Waals surface area contributed by atoms with Crippen molar-refractivity contribution in [2.24, 2.45) is 0 Å². The molecule has 8 heteroatoms. The number of carboxylic acids is 2. The van der Waals surface area contributed by atoms with Crippen molar-refractivity contribution in [3.63, 3.8) is 0 Å². The molecule has 1 unspecified atom stereocenters. The molecule has 0 saturated heterocycles. The van der Waals surface area contributed by atoms with Crippen molar-refractivity contribution < 1.29 is 33.0 Å². The van der Waals surface area contributed by atoms with Gasteiger partial charge in [0.2, 0.25) is 0 Å². The molecule has 1 atom stereocenters. The van der Waals surface area contributed by atoms with Crippen molar-refractivity contribution in [3.05, 3.63) is 57.1 Å². The van der Waals surface area contributed by atoms with Gasteiger partial charge in [-0.15, -0.1) is 0 Å². The molecule has 1 aromatic carbocycles. The number of aliphatic carboxylic acids is 2. The zero-order valence-corrected chi connectivity index (χ0v) is 13.9. The molecule has 1 aliphatic rings. The molecular formula is C16H12BrF3O4. The van der Waals surface area contributed by atoms with Crippen LogP contribution in [0.1, 0.15) is 24.5 Å². The van der Waals surface area contributed by atoms with Gasteiger partial charge < -0.3 is 10.2 Å². The zero-order chi connectivity index (χ0) is 18.3. The topological polar surface area (TPSA) is 74.6 Å². The average molecular weight is 405 g/mol. The van der Waals surface area contributed by atoms with E-state index in [4.69, 9.17) is 0 Å². The van der Waals surface area contributed by atoms with E-state index in [2.05, 4.69) is 15.9 Å². The Kier molecular flexibility index (Phi) is 4.63. The van der Waals surface area contributed by atoms with Crippen molar-refractivity contribution in [2.75, 3.05) is 0 Å². The maximum Gasteiger partial charge on any atom is 0.416 e. The fourth-order valence-electron chi connectivity index (χ4n) is 2.57. The molecule has 0 spiro atoms. The van der Waals surface area contributed by atoms with Crippen LogP contribution in [0.2, 0.25) is 0 Å². The summed E-state index contributed by atoms with van der Waals surface area (Å²) in [6.07, 6.45) is -2.54. The van der Waals surface area contributed by atoms with Crippen LogP contribution in [-0.4, -0.2) is 22.2 Å². The highest BCUT2D eigenvalue weighted by Gasteiger charge is 2.43. The smallest absolute Gasteiger partial charge is 0.416 e. The predicted molar refractivity (Wildman–Crippen MR) is 82.6 cm³/mol. The molecule has 0 amide bonds. The fourth-order valence-corrected chi connectivity index (χ4v) is 3.06. The van der Waals surface area contributed by atoms with E-state index in [0.717, 1.165) is 12.1 Å². The van der Waals surface area contributed by atoms with Crippen LogP contribution in [0.5, 0.6) is 0 Å². The SMILES string of the molecule is CC1=C(C(=O)O)CC(C(=O)O)(c2cc(Br)cc(C(F)(F)F)c2)C=C1. The molecule has 0 fully saturated rings. The Balaban J connectivity index is 2.67. The Morgan fingerprint density at radius 2 is 1.83 bits per heavy atom. The summed E-state index contributed by atoms with van der Waals surface area (Å²) in [4.78, 5) is 23.2. The van der Waals surface area contributed by atoms with Crippen LogP contribution in [0, 0.1) is 0 Å². The lowest BCUT2D eigenvalue weighted by Crippen LogP contribution is -2.37. The molecular weight excluding hydrogens is 393 g/mol. The molecule has 0 heterocycles. The summed E-state index contributed by atoms with van der Waals surface area (Å²) in [6.45, 7) is 1.51. The van der Waals surface area contributed by atoms with E-state index in [1.54, 1.807) is 0 Å². The van der Waals surface area contributed by atoms with E-state index >= 15 is 0 Å². The quantitative estimate of drug-likeness (QED) is 0.793. The first-order chi connectivity index (χ1) is 11.0. The minimum Gasteiger partial charge on any atom is -0.480 e. The lowest BCUT2D eigenvalue weighted by molar-refractivity contribution is -0.143. The van der Waals surface area contributed by atoms with Gasteiger partial charge in [0.05, 0.1) is 5.56 Å². The van der Waals surface area contributed by atoms with E-state index in [0.29, 0.717) is 5.57 Å². The van der Waals surface area contributed by atoms with Crippen molar-refractivity contribution in [1.29, 1.82) is 0 Å². The molecule has 1 aromatic rings. The molecule has 2 rings (SSSR count). The van der Waals surface area contributed by atoms with Crippen LogP contribution in [0.15, 0.2) is 46.0 Å². The fraction of sp³-hybridized carbons (Fsp3) is 0.250. The number of allylic oxidation sites excluding steroid dienone is 2. The lowest BCUT2D eigenvalue weighted by atomic mass is 9.71. The van der Waals surface area contributed by atoms with E-state index in [-0.39, 0.29) is 15.6 Å². The molecule has 0 bridgehead atoms. The number of hydrogen-bond acceptors (Lipinski definition) is 2. The third-order valence-electron chi connectivity index (χ3n) is 3.93. The van der Waals surface area contributed by atoms with Crippen molar-refractivity contribution in [3.8, 4) is 0 Å². The summed E-state index contributed by atoms with van der Waals surface area (Å²) in [7, 11) is 0. The zero-order valence-electron chi connectivity index (χ0n) is 12.3. The van der Waals surface area contributed by atoms with Crippen molar-refractivity contribution in [1.82, 2.24) is 0 Å². The van der Waals surface area contributed by atoms with Crippen LogP contribution >= 0.6 is 15.9 Å². The number of carboxylic acid groups (broad SMARTS) is 2. The van der Waals surface area contributed by atoms with Crippen molar-refractivity contribution >= 4 is 27.9 Å². The maximum atomic E-state index is 13.0. The summed E-state index contributed by atoms with van der Waals surface area (Å²) in [5, 5.41) is 18.9. The van der Waals surface area contributed by atoms with Gasteiger partial charge in [-0.05, 0) is 36.3 Å². The van der Waals surface area contributed by atoms with Gasteiger partial charge in [-0.1, -0.05) is 28.1 Å². The summed E-state index contributed by atoms with van der Waals surface area (Å²) in [6, 6.07) is 2.84. The lowest BCUT2D eigenvalue weighted by Gasteiger charge is -2.31. The Hall–Kier alpha value is -2.09. The number of hydrogen-bond donors (Lipinski definition) is 2. The molecule has 0 saturated carbocycles. The van der Waals surface area contributed by atoms with Crippen LogP contribution in [-0.2, 0) is 21.2 Å². The molecule has 4 nitrogen and oxygen atoms in total. The normalized spacial score (nSPS) is 21.0. The van der Waals surface area contributed by atoms with Gasteiger partial charge in [-0.25, -0.2) is 4.79 Å². The van der Waals surface area contributed by atoms with Gasteiger partial charge in [0.1, 0.15) is 5.41 Å². The Bertz CT molecular complexity index is 780. The first kappa shape index (κ1) is 18.3. The van der Waals surface area contributed by atoms with Crippen molar-refractivity contribution in [2.45, 2.75) is 24.9 Å². The number of rotatable bonds is 3. The second-order valence-corrected chi connectivity index (χ2v) is 6.40. The van der Waals surface area contributed by atoms with Gasteiger partial charge in [0.25, 0.3) is 0 Å². The van der Waals surface area contributed by atoms with E-state index < -0.39 is 35.5 Å². The summed E-state index contributed by atoms with van der Waals surface area (Å²) < 4.78 is 39.1. The number of carbonyl (C=O) groups is 2. The van der Waals surface area contributed by atoms with E-state index in [1.807, 2.05) is 0 Å². The van der Waals surface area contributed by atoms with Crippen LogP contribution in [0.4, 0.5) is 13.2 Å². The van der Waals surface area contributed by atoms with E-state index in [9.17, 15) is 33.0 Å². The van der Waals surface area contributed by atoms with E-state index in [1.165, 1.54) is 25.1 Å². The molecule has 0 radical (unpaired) electrons. The van der Waals surface area contributed by atoms with Crippen LogP contribution in [0.3, 0.4) is 0 Å². The number of halogens is 4. The first-order valence-corrected chi connectivity index (χ1v) is 7.50. The Morgan fingerprint density at radius 3 is 2.33 bits per heavy atom. The highest BCUT2D eigenvalue weighted by atomic mass is 79.9. The van der Waals surface area contributed by atoms with Gasteiger partial charge in [-0.2, -0.15) is 13.2 Å². The summed E-state index contributed by atoms with van der Waals surface area (Å²) in [5.41, 5.74) is -2.81. The second-order valence-electron chi connectivity index (χ2n) is 5.48. The number of alkyl halides is 3. The Labute approximate surface area is 143 Å². The summed E-state index contributed by atoms with van der Waals surface area (Å²) >= 11 is 2.96. The molecule has 24 heavy (non-hydrogen) atoms. The van der Waals surface area contributed by atoms with Gasteiger partial charge >= 0.3 is 18.1 Å². The largest absolute Gasteiger partial charge is 0.480 e. The Morgan fingerprint density at radius 1 is 1.21 bits per heavy atom. The van der Waals surface area contributed by atoms with Gasteiger partial charge in [0.15, 0.2) is 0 Å². The molecule has 2 N–H and O–H groups in total. The van der Waals surface area contributed by atoms with Gasteiger partial charge in [0, 0.05) is 16.5 Å². The minimum atomic E-state index is -4.65. The highest BCUT2D eigenvalue weighted by Crippen LogP contribution is 2.41. The highest BCUT2D eigenvalue weighted by molar-refractivity contribution is 9.10. The minimum absolute atomic E-state index is 0.0597. The molecule has 128 valence electrons. The summed E-state index contributed by atoms with van der Waals surface area (Å²) in [5.74, 6) is -2.72. The van der Waals surface area contributed by atoms with Crippen LogP contribution < -0.4 is 0 Å². The maximum absolute atomic E-state index is 13.0. The molecule has 1 aliphatic carbocycles. The van der Waals surface area contributed by atoms with Gasteiger partial charge in [-0.3, -0.25) is 4.79 Å². The molecule has 0 aliphatic heterocycles. The predicted octanol–water partition coefficient (Wildman–Crippen LogP) is 4.15. The standard InChI is InChI=1S/C16H12BrF3O4/c1-8-2-3-15(14(23)24,7-12(8)13(21)22)9-4-10(16(18,19)20)6-11(17)5-9/h2-6H,7H2,1H3,(H,21,22)(H,23,24). The third kappa shape index (κ3) is 3.24.